The van der Waals surface area contributed by atoms with Gasteiger partial charge in [-0.3, -0.25) is 0 Å². The van der Waals surface area contributed by atoms with Gasteiger partial charge in [-0.25, -0.2) is 0 Å². The van der Waals surface area contributed by atoms with Gasteiger partial charge in [0.2, 0.25) is 0 Å². The van der Waals surface area contributed by atoms with E-state index in [4.69, 9.17) is 5.02 Å². The van der Waals surface area contributed by atoms with Crippen LogP contribution in [0.15, 0.2) is 0 Å². The van der Waals surface area contributed by atoms with Crippen molar-refractivity contribution in [2.24, 2.45) is 0 Å². The van der Waals surface area contributed by atoms with Gasteiger partial charge in [0.15, 0.2) is 0 Å². The van der Waals surface area contributed by atoms with Crippen LogP contribution in [0.1, 0.15) is 0 Å². The molecule has 0 heterocycles. The van der Waals surface area contributed by atoms with Gasteiger partial charge in [-0.15, -0.1) is 0 Å². The summed E-state index contributed by atoms with van der Waals surface area (Å²) in [5.74, 6) is 0. The van der Waals surface area contributed by atoms with Gasteiger partial charge in [0.25, 0.3) is 0 Å². The summed E-state index contributed by atoms with van der Waals surface area (Å²) >= 11 is 1.55. The predicted molar refractivity (Wildman–Crippen MR) is 23.1 cm³/mol. The zero-order valence-corrected chi connectivity index (χ0v) is 3.97. The zero-order valence-electron chi connectivity index (χ0n) is 1.81. The van der Waals surface area contributed by atoms with E-state index in [1.54, 1.807) is 23.0 Å². The first-order valence-electron chi connectivity index (χ1n) is 0.648. The van der Waals surface area contributed by atoms with Gasteiger partial charge < -0.3 is 8.01 Å². The fourth-order valence-corrected chi connectivity index (χ4v) is 0. The average Bonchev–Trinajstić information content (AvgIpc) is 1.37. The third-order valence-electron chi connectivity index (χ3n) is 0.0398. The molecule has 0 spiro atoms. The highest BCUT2D eigenvalue weighted by Gasteiger charge is 1.68. The quantitative estimate of drug-likeness (QED) is 0.439. The summed E-state index contributed by atoms with van der Waals surface area (Å²) in [6.07, 6.45) is 0. The molecule has 0 aromatic heterocycles. The summed E-state index contributed by atoms with van der Waals surface area (Å²) in [5.41, 5.74) is 0. The maximum atomic E-state index is 7.52. The fourth-order valence-electron chi connectivity index (χ4n) is 0. The van der Waals surface area contributed by atoms with E-state index in [1.165, 1.54) is 0 Å². The van der Waals surface area contributed by atoms with E-state index < -0.39 is 0 Å². The molecule has 0 bridgehead atoms. The first-order valence-corrected chi connectivity index (χ1v) is 1.53. The molecule has 2 nitrogen and oxygen atoms in total. The van der Waals surface area contributed by atoms with Crippen molar-refractivity contribution in [2.75, 3.05) is 0 Å². The Hall–Kier alpha value is 0.715. The lowest BCUT2D eigenvalue weighted by Crippen LogP contribution is -1.79. The third kappa shape index (κ3) is 2.71. The second kappa shape index (κ2) is 3.71. The molecule has 4 heavy (non-hydrogen) atoms. The molecule has 0 amide bonds. The molecule has 0 aromatic rings. The maximum absolute atomic E-state index is 7.52. The SMILES string of the molecule is O[B]OI. The van der Waals surface area contributed by atoms with E-state index in [9.17, 15) is 0 Å². The largest absolute Gasteiger partial charge is 0.495 e. The molecule has 0 fully saturated rings. The van der Waals surface area contributed by atoms with Crippen molar-refractivity contribution in [2.45, 2.75) is 0 Å². The number of rotatable bonds is 1. The highest BCUT2D eigenvalue weighted by atomic mass is 127. The second-order valence-corrected chi connectivity index (χ2v) is 0.703. The minimum atomic E-state index is 0.612. The summed E-state index contributed by atoms with van der Waals surface area (Å²) in [6.45, 7) is 0. The van der Waals surface area contributed by atoms with Crippen LogP contribution in [-0.2, 0) is 2.98 Å². The van der Waals surface area contributed by atoms with Gasteiger partial charge >= 0.3 is 7.69 Å². The molecule has 0 aliphatic rings. The van der Waals surface area contributed by atoms with Crippen molar-refractivity contribution < 1.29 is 8.01 Å². The minimum absolute atomic E-state index is 0.612. The number of hydrogen-bond donors (Lipinski definition) is 1. The van der Waals surface area contributed by atoms with E-state index in [0.717, 1.165) is 0 Å². The minimum Gasteiger partial charge on any atom is -0.429 e. The molecule has 4 heteroatoms. The summed E-state index contributed by atoms with van der Waals surface area (Å²) in [6, 6.07) is 0. The van der Waals surface area contributed by atoms with Crippen LogP contribution >= 0.6 is 23.0 Å². The first kappa shape index (κ1) is 4.71. The summed E-state index contributed by atoms with van der Waals surface area (Å²) in [4.78, 5) is 0. The van der Waals surface area contributed by atoms with Gasteiger partial charge in [-0.05, 0) is 0 Å². The van der Waals surface area contributed by atoms with Gasteiger partial charge in [0.1, 0.15) is 0 Å². The molecule has 1 N–H and O–H groups in total. The van der Waals surface area contributed by atoms with Crippen LogP contribution in [0.5, 0.6) is 0 Å². The summed E-state index contributed by atoms with van der Waals surface area (Å²) < 4.78 is 3.94. The van der Waals surface area contributed by atoms with Crippen molar-refractivity contribution in [3.8, 4) is 0 Å². The highest BCUT2D eigenvalue weighted by molar-refractivity contribution is 14.1. The summed E-state index contributed by atoms with van der Waals surface area (Å²) in [7, 11) is 0.612. The predicted octanol–water partition coefficient (Wildman–Crippen LogP) is -0.120. The Morgan fingerprint density at radius 2 is 2.25 bits per heavy atom. The Kier molecular flexibility index (Phi) is 4.38. The average molecular weight is 171 g/mol. The van der Waals surface area contributed by atoms with Crippen LogP contribution in [0.25, 0.3) is 0 Å². The molecule has 1 radical (unpaired) electrons. The van der Waals surface area contributed by atoms with E-state index >= 15 is 0 Å². The van der Waals surface area contributed by atoms with Crippen LogP contribution in [0, 0.1) is 0 Å². The Labute approximate surface area is 39.2 Å². The lowest BCUT2D eigenvalue weighted by atomic mass is 10.5. The van der Waals surface area contributed by atoms with Crippen molar-refractivity contribution in [3.63, 3.8) is 0 Å². The van der Waals surface area contributed by atoms with E-state index in [0.29, 0.717) is 7.69 Å². The van der Waals surface area contributed by atoms with Gasteiger partial charge in [-0.1, -0.05) is 0 Å². The van der Waals surface area contributed by atoms with Crippen molar-refractivity contribution >= 4 is 30.7 Å². The molecule has 0 saturated heterocycles. The third-order valence-corrected chi connectivity index (χ3v) is 0.267. The standard InChI is InChI=1S/BHIO2/c2-4-1-3/h3H. The Balaban J connectivity index is 1.97. The van der Waals surface area contributed by atoms with Crippen LogP contribution in [0.3, 0.4) is 0 Å². The van der Waals surface area contributed by atoms with Gasteiger partial charge in [0, 0.05) is 0 Å². The van der Waals surface area contributed by atoms with Crippen LogP contribution in [0.2, 0.25) is 0 Å². The van der Waals surface area contributed by atoms with Gasteiger partial charge in [0.05, 0.1) is 23.0 Å². The Morgan fingerprint density at radius 3 is 2.25 bits per heavy atom. The lowest BCUT2D eigenvalue weighted by molar-refractivity contribution is 0.515. The molecular weight excluding hydrogens is 170 g/mol. The van der Waals surface area contributed by atoms with E-state index in [2.05, 4.69) is 2.98 Å². The van der Waals surface area contributed by atoms with Crippen LogP contribution in [-0.4, -0.2) is 12.7 Å². The highest BCUT2D eigenvalue weighted by Crippen LogP contribution is 1.73. The van der Waals surface area contributed by atoms with E-state index in [-0.39, 0.29) is 0 Å². The molecule has 0 rings (SSSR count). The number of hydrogen-bond acceptors (Lipinski definition) is 2. The molecule has 23 valence electrons. The smallest absolute Gasteiger partial charge is 0.429 e. The summed E-state index contributed by atoms with van der Waals surface area (Å²) in [5, 5.41) is 7.52. The van der Waals surface area contributed by atoms with Crippen molar-refractivity contribution in [3.05, 3.63) is 0 Å². The molecule has 0 unspecified atom stereocenters. The topological polar surface area (TPSA) is 29.5 Å². The number of halogens is 1. The van der Waals surface area contributed by atoms with Gasteiger partial charge in [-0.2, -0.15) is 0 Å². The van der Waals surface area contributed by atoms with Crippen molar-refractivity contribution in [1.82, 2.24) is 0 Å². The van der Waals surface area contributed by atoms with Crippen LogP contribution < -0.4 is 0 Å². The first-order chi connectivity index (χ1) is 1.91. The Bertz CT molecular complexity index is 8.00. The van der Waals surface area contributed by atoms with E-state index in [1.807, 2.05) is 0 Å². The monoisotopic (exact) mass is 171 g/mol. The fraction of sp³-hybridized carbons (Fsp3) is 0. The molecule has 0 aromatic carbocycles. The zero-order chi connectivity index (χ0) is 3.41. The molecule has 0 atom stereocenters. The normalized spacial score (nSPS) is 6.50. The lowest BCUT2D eigenvalue weighted by Gasteiger charge is -1.66. The maximum Gasteiger partial charge on any atom is 0.495 e. The van der Waals surface area contributed by atoms with Crippen molar-refractivity contribution in [1.29, 1.82) is 0 Å². The molecule has 0 aliphatic carbocycles. The van der Waals surface area contributed by atoms with Crippen LogP contribution in [0.4, 0.5) is 0 Å². The molecule has 0 saturated carbocycles. The molecular formula is HBIO2. The Morgan fingerprint density at radius 1 is 2.00 bits per heavy atom. The second-order valence-electron chi connectivity index (χ2n) is 0.194. The molecule has 0 aliphatic heterocycles.